The molecule has 3 aliphatic heterocycles. The van der Waals surface area contributed by atoms with E-state index in [9.17, 15) is 19.5 Å². The zero-order valence-electron chi connectivity index (χ0n) is 23.2. The summed E-state index contributed by atoms with van der Waals surface area (Å²) in [5.41, 5.74) is 1.36. The molecule has 3 fully saturated rings. The van der Waals surface area contributed by atoms with Crippen LogP contribution in [0.5, 0.6) is 5.75 Å². The maximum absolute atomic E-state index is 14.7. The predicted octanol–water partition coefficient (Wildman–Crippen LogP) is 4.16. The topological polar surface area (TPSA) is 96.4 Å². The first-order valence-electron chi connectivity index (χ1n) is 13.9. The Hall–Kier alpha value is -3.56. The average Bonchev–Trinajstić information content (AvgIpc) is 3.64. The first-order chi connectivity index (χ1) is 19.9. The summed E-state index contributed by atoms with van der Waals surface area (Å²) in [6, 6.07) is 14.7. The molecule has 0 radical (unpaired) electrons. The van der Waals surface area contributed by atoms with Crippen LogP contribution in [0.4, 0.5) is 5.69 Å². The molecule has 3 aliphatic rings. The van der Waals surface area contributed by atoms with E-state index in [0.29, 0.717) is 30.7 Å². The van der Waals surface area contributed by atoms with Crippen LogP contribution in [0, 0.1) is 11.8 Å². The van der Waals surface area contributed by atoms with Gasteiger partial charge in [-0.1, -0.05) is 42.5 Å². The summed E-state index contributed by atoms with van der Waals surface area (Å²) in [7, 11) is 1.58. The van der Waals surface area contributed by atoms with Crippen LogP contribution in [0.1, 0.15) is 30.9 Å². The van der Waals surface area contributed by atoms with Gasteiger partial charge in [-0.2, -0.15) is 0 Å². The third-order valence-electron chi connectivity index (χ3n) is 8.47. The molecular weight excluding hydrogens is 540 g/mol. The molecule has 0 saturated carbocycles. The van der Waals surface area contributed by atoms with Crippen LogP contribution in [-0.4, -0.2) is 70.7 Å². The number of carbonyl (C=O) groups is 3. The lowest BCUT2D eigenvalue weighted by Crippen LogP contribution is -2.56. The number of fused-ring (bicyclic) bond motifs is 1. The van der Waals surface area contributed by atoms with Crippen molar-refractivity contribution < 1.29 is 29.0 Å². The third kappa shape index (κ3) is 4.95. The van der Waals surface area contributed by atoms with Crippen molar-refractivity contribution in [3.8, 4) is 5.75 Å². The van der Waals surface area contributed by atoms with Crippen molar-refractivity contribution in [3.63, 3.8) is 0 Å². The molecule has 0 aliphatic carbocycles. The highest BCUT2D eigenvalue weighted by atomic mass is 32.2. The van der Waals surface area contributed by atoms with E-state index in [1.807, 2.05) is 30.3 Å². The number of thioether (sulfide) groups is 1. The number of anilines is 1. The lowest BCUT2D eigenvalue weighted by atomic mass is 9.71. The smallest absolute Gasteiger partial charge is 0.310 e. The van der Waals surface area contributed by atoms with E-state index in [1.54, 1.807) is 65.1 Å². The molecule has 2 aromatic carbocycles. The standard InChI is InChI=1S/C32H36N2O6S/c1-4-6-19-40-31(38)26-25-16-17-32(41-25)27(26)29(36)34(24(20-35)21-10-8-7-9-11-21)28(32)30(37)33(18-5-2)22-12-14-23(39-3)15-13-22/h4-5,7-15,24-28,35H,1-2,6,16-20H2,3H3/t24-,25-,26+,27+,28?,32?/m1/s1. The fourth-order valence-corrected chi connectivity index (χ4v) is 8.89. The number of rotatable bonds is 12. The van der Waals surface area contributed by atoms with E-state index in [1.165, 1.54) is 0 Å². The van der Waals surface area contributed by atoms with Crippen LogP contribution in [0.25, 0.3) is 0 Å². The molecule has 3 saturated heterocycles. The highest BCUT2D eigenvalue weighted by Gasteiger charge is 2.75. The largest absolute Gasteiger partial charge is 0.497 e. The number of ether oxygens (including phenoxy) is 2. The van der Waals surface area contributed by atoms with E-state index in [-0.39, 0.29) is 36.8 Å². The molecule has 3 heterocycles. The summed E-state index contributed by atoms with van der Waals surface area (Å²) < 4.78 is 10.1. The summed E-state index contributed by atoms with van der Waals surface area (Å²) in [5, 5.41) is 10.6. The molecule has 9 heteroatoms. The lowest BCUT2D eigenvalue weighted by molar-refractivity contribution is -0.154. The lowest BCUT2D eigenvalue weighted by Gasteiger charge is -2.39. The van der Waals surface area contributed by atoms with Crippen LogP contribution < -0.4 is 9.64 Å². The van der Waals surface area contributed by atoms with E-state index in [0.717, 1.165) is 5.56 Å². The average molecular weight is 577 g/mol. The fraction of sp³-hybridized carbons (Fsp3) is 0.406. The second-order valence-corrected chi connectivity index (χ2v) is 12.2. The van der Waals surface area contributed by atoms with E-state index >= 15 is 0 Å². The van der Waals surface area contributed by atoms with Crippen LogP contribution >= 0.6 is 11.8 Å². The highest BCUT2D eigenvalue weighted by Crippen LogP contribution is 2.67. The van der Waals surface area contributed by atoms with Gasteiger partial charge in [-0.3, -0.25) is 14.4 Å². The molecule has 2 aromatic rings. The van der Waals surface area contributed by atoms with Crippen molar-refractivity contribution in [2.75, 3.05) is 31.8 Å². The fourth-order valence-electron chi connectivity index (χ4n) is 6.70. The zero-order chi connectivity index (χ0) is 29.1. The Morgan fingerprint density at radius 2 is 1.90 bits per heavy atom. The monoisotopic (exact) mass is 576 g/mol. The highest BCUT2D eigenvalue weighted by molar-refractivity contribution is 8.02. The van der Waals surface area contributed by atoms with Crippen LogP contribution in [0.3, 0.4) is 0 Å². The molecule has 0 aromatic heterocycles. The molecule has 216 valence electrons. The number of hydrogen-bond acceptors (Lipinski definition) is 7. The molecule has 2 amide bonds. The molecule has 5 rings (SSSR count). The maximum Gasteiger partial charge on any atom is 0.310 e. The van der Waals surface area contributed by atoms with Gasteiger partial charge in [0.25, 0.3) is 5.91 Å². The van der Waals surface area contributed by atoms with Crippen molar-refractivity contribution in [3.05, 3.63) is 85.5 Å². The van der Waals surface area contributed by atoms with E-state index < -0.39 is 34.6 Å². The van der Waals surface area contributed by atoms with Gasteiger partial charge in [-0.05, 0) is 49.1 Å². The Balaban J connectivity index is 1.60. The van der Waals surface area contributed by atoms with Gasteiger partial charge < -0.3 is 24.4 Å². The molecule has 2 bridgehead atoms. The van der Waals surface area contributed by atoms with Crippen molar-refractivity contribution in [2.45, 2.75) is 41.3 Å². The van der Waals surface area contributed by atoms with Crippen LogP contribution in [-0.2, 0) is 19.1 Å². The number of methoxy groups -OCH3 is 1. The molecule has 2 unspecified atom stereocenters. The number of hydrogen-bond donors (Lipinski definition) is 1. The third-order valence-corrected chi connectivity index (χ3v) is 10.4. The zero-order valence-corrected chi connectivity index (χ0v) is 24.0. The van der Waals surface area contributed by atoms with Gasteiger partial charge in [-0.15, -0.1) is 24.9 Å². The van der Waals surface area contributed by atoms with Gasteiger partial charge >= 0.3 is 5.97 Å². The normalized spacial score (nSPS) is 26.8. The summed E-state index contributed by atoms with van der Waals surface area (Å²) >= 11 is 1.57. The summed E-state index contributed by atoms with van der Waals surface area (Å²) in [5.74, 6) is -1.70. The molecular formula is C32H36N2O6S. The number of likely N-dealkylation sites (tertiary alicyclic amines) is 1. The minimum atomic E-state index is -0.902. The van der Waals surface area contributed by atoms with Crippen molar-refractivity contribution in [1.29, 1.82) is 0 Å². The summed E-state index contributed by atoms with van der Waals surface area (Å²) in [6.07, 6.45) is 5.16. The Morgan fingerprint density at radius 3 is 2.54 bits per heavy atom. The SMILES string of the molecule is C=CCCOC(=O)[C@@H]1[C@H]2C(=O)N([C@H](CO)c3ccccc3)C(C(=O)N(CC=C)c3ccc(OC)cc3)C23CC[C@H]1S3. The van der Waals surface area contributed by atoms with Crippen molar-refractivity contribution in [2.24, 2.45) is 11.8 Å². The Kier molecular flexibility index (Phi) is 8.56. The molecule has 6 atom stereocenters. The Morgan fingerprint density at radius 1 is 1.17 bits per heavy atom. The van der Waals surface area contributed by atoms with Gasteiger partial charge in [0, 0.05) is 17.5 Å². The van der Waals surface area contributed by atoms with Gasteiger partial charge in [0.1, 0.15) is 11.8 Å². The molecule has 8 nitrogen and oxygen atoms in total. The number of amides is 2. The summed E-state index contributed by atoms with van der Waals surface area (Å²) in [6.45, 7) is 7.61. The Bertz CT molecular complexity index is 1300. The first kappa shape index (κ1) is 29.0. The number of nitrogens with zero attached hydrogens (tertiary/aromatic N) is 2. The predicted molar refractivity (Wildman–Crippen MR) is 159 cm³/mol. The van der Waals surface area contributed by atoms with Gasteiger partial charge in [0.2, 0.25) is 5.91 Å². The van der Waals surface area contributed by atoms with Crippen molar-refractivity contribution >= 4 is 35.2 Å². The van der Waals surface area contributed by atoms with Crippen molar-refractivity contribution in [1.82, 2.24) is 4.90 Å². The molecule has 41 heavy (non-hydrogen) atoms. The Labute approximate surface area is 245 Å². The number of benzene rings is 2. The molecule has 1 spiro atoms. The maximum atomic E-state index is 14.7. The number of aliphatic hydroxyl groups excluding tert-OH is 1. The van der Waals surface area contributed by atoms with Gasteiger partial charge in [0.05, 0.1) is 42.9 Å². The van der Waals surface area contributed by atoms with E-state index in [4.69, 9.17) is 9.47 Å². The molecule has 1 N–H and O–H groups in total. The van der Waals surface area contributed by atoms with Gasteiger partial charge in [0.15, 0.2) is 0 Å². The first-order valence-corrected chi connectivity index (χ1v) is 14.8. The minimum absolute atomic E-state index is 0.115. The summed E-state index contributed by atoms with van der Waals surface area (Å²) in [4.78, 5) is 45.8. The number of carbonyl (C=O) groups excluding carboxylic acids is 3. The second-order valence-electron chi connectivity index (χ2n) is 10.6. The minimum Gasteiger partial charge on any atom is -0.497 e. The van der Waals surface area contributed by atoms with Gasteiger partial charge in [-0.25, -0.2) is 0 Å². The second kappa shape index (κ2) is 12.1. The van der Waals surface area contributed by atoms with Crippen LogP contribution in [0.2, 0.25) is 0 Å². The quantitative estimate of drug-likeness (QED) is 0.230. The van der Waals surface area contributed by atoms with Crippen LogP contribution in [0.15, 0.2) is 79.9 Å². The number of aliphatic hydroxyl groups is 1. The van der Waals surface area contributed by atoms with E-state index in [2.05, 4.69) is 13.2 Å². The number of esters is 1.